The minimum absolute atomic E-state index is 0.0233. The number of hydrogen-bond donors (Lipinski definition) is 2. The third kappa shape index (κ3) is 4.18. The highest BCUT2D eigenvalue weighted by Crippen LogP contribution is 2.49. The molecule has 0 radical (unpaired) electrons. The van der Waals surface area contributed by atoms with Crippen molar-refractivity contribution in [2.45, 2.75) is 62.1 Å². The van der Waals surface area contributed by atoms with Gasteiger partial charge in [-0.05, 0) is 69.5 Å². The second-order valence-electron chi connectivity index (χ2n) is 13.9. The molecular formula is C34H34F2N8OS. The zero-order chi connectivity index (χ0) is 31.4. The number of pyridine rings is 1. The van der Waals surface area contributed by atoms with E-state index in [4.69, 9.17) is 15.5 Å². The highest BCUT2D eigenvalue weighted by molar-refractivity contribution is 7.23. The van der Waals surface area contributed by atoms with Crippen molar-refractivity contribution in [2.75, 3.05) is 43.4 Å². The van der Waals surface area contributed by atoms with Crippen LogP contribution in [0.5, 0.6) is 6.01 Å². The smallest absolute Gasteiger partial charge is 0.319 e. The van der Waals surface area contributed by atoms with Crippen LogP contribution in [0.2, 0.25) is 0 Å². The molecular weight excluding hydrogens is 606 g/mol. The number of nitrogen functional groups attached to an aromatic ring is 1. The summed E-state index contributed by atoms with van der Waals surface area (Å²) in [6.07, 6.45) is 9.24. The SMILES string of the molecule is C=C1CN2CCC[C@@]2(COc2nc(N3C[C@@H]4CC[C@](C5CC5)(C3)N4)c3cnc(-c4ccc(F)c5sc(N)c(C#N)c45)c(F)c3n2)C1. The Morgan fingerprint density at radius 1 is 1.22 bits per heavy atom. The first-order valence-electron chi connectivity index (χ1n) is 16.1. The fourth-order valence-electron chi connectivity index (χ4n) is 8.82. The zero-order valence-electron chi connectivity index (χ0n) is 25.4. The number of rotatable bonds is 6. The van der Waals surface area contributed by atoms with E-state index in [-0.39, 0.29) is 48.9 Å². The Hall–Kier alpha value is -3.92. The summed E-state index contributed by atoms with van der Waals surface area (Å²) in [6.45, 7) is 8.03. The summed E-state index contributed by atoms with van der Waals surface area (Å²) in [5.74, 6) is 0.0697. The number of aromatic nitrogens is 3. The van der Waals surface area contributed by atoms with Crippen molar-refractivity contribution in [3.63, 3.8) is 0 Å². The van der Waals surface area contributed by atoms with Gasteiger partial charge in [0.15, 0.2) is 5.82 Å². The van der Waals surface area contributed by atoms with Gasteiger partial charge in [0.05, 0.1) is 21.2 Å². The number of nitriles is 1. The summed E-state index contributed by atoms with van der Waals surface area (Å²) in [5.41, 5.74) is 7.64. The van der Waals surface area contributed by atoms with E-state index in [1.807, 2.05) is 0 Å². The van der Waals surface area contributed by atoms with Gasteiger partial charge in [0, 0.05) is 48.4 Å². The first kappa shape index (κ1) is 28.3. The molecule has 4 saturated heterocycles. The predicted octanol–water partition coefficient (Wildman–Crippen LogP) is 5.53. The van der Waals surface area contributed by atoms with Crippen LogP contribution in [0.25, 0.3) is 32.2 Å². The van der Waals surface area contributed by atoms with E-state index in [2.05, 4.69) is 37.7 Å². The molecule has 236 valence electrons. The molecule has 3 aromatic heterocycles. The van der Waals surface area contributed by atoms with E-state index in [0.717, 1.165) is 69.6 Å². The molecule has 9 nitrogen and oxygen atoms in total. The Labute approximate surface area is 269 Å². The molecule has 5 fully saturated rings. The summed E-state index contributed by atoms with van der Waals surface area (Å²) in [7, 11) is 0. The highest BCUT2D eigenvalue weighted by atomic mass is 32.1. The van der Waals surface area contributed by atoms with Gasteiger partial charge in [-0.25, -0.2) is 8.78 Å². The molecule has 7 heterocycles. The van der Waals surface area contributed by atoms with Crippen molar-refractivity contribution in [1.29, 1.82) is 5.26 Å². The van der Waals surface area contributed by atoms with Gasteiger partial charge in [-0.3, -0.25) is 9.88 Å². The second kappa shape index (κ2) is 10.0. The maximum atomic E-state index is 16.9. The molecule has 46 heavy (non-hydrogen) atoms. The van der Waals surface area contributed by atoms with Gasteiger partial charge in [0.2, 0.25) is 0 Å². The monoisotopic (exact) mass is 640 g/mol. The zero-order valence-corrected chi connectivity index (χ0v) is 26.2. The molecule has 1 saturated carbocycles. The number of nitrogens with one attached hydrogen (secondary N) is 1. The second-order valence-corrected chi connectivity index (χ2v) is 15.0. The number of nitrogens with two attached hydrogens (primary N) is 1. The Balaban J connectivity index is 1.18. The van der Waals surface area contributed by atoms with Crippen LogP contribution in [0.15, 0.2) is 30.5 Å². The van der Waals surface area contributed by atoms with Gasteiger partial charge in [0.1, 0.15) is 40.5 Å². The average Bonchev–Trinajstić information content (AvgIpc) is 3.54. The molecule has 2 bridgehead atoms. The van der Waals surface area contributed by atoms with Gasteiger partial charge in [-0.1, -0.05) is 12.2 Å². The number of thiophene rings is 1. The van der Waals surface area contributed by atoms with Gasteiger partial charge in [-0.15, -0.1) is 11.3 Å². The molecule has 5 aliphatic rings. The quantitative estimate of drug-likeness (QED) is 0.263. The van der Waals surface area contributed by atoms with Gasteiger partial charge in [-0.2, -0.15) is 15.2 Å². The van der Waals surface area contributed by atoms with E-state index in [9.17, 15) is 9.65 Å². The van der Waals surface area contributed by atoms with Crippen LogP contribution in [-0.2, 0) is 0 Å². The molecule has 0 spiro atoms. The standard InChI is InChI=1S/C34H34F2N8OS/c1-18-11-33(8-2-10-44(33)14-18)17-45-32-40-28-23(31(41-32)43-15-20-7-9-34(16-43,42-20)19-3-4-19)13-39-27(26(28)36)21-5-6-24(35)29-25(21)22(12-37)30(38)46-29/h5-6,13,19-20,42H,1-4,7-11,14-17,38H2/t20-,33-,34+/m0/s1. The number of fused-ring (bicyclic) bond motifs is 5. The normalized spacial score (nSPS) is 27.5. The molecule has 0 unspecified atom stereocenters. The van der Waals surface area contributed by atoms with Crippen molar-refractivity contribution < 1.29 is 13.5 Å². The summed E-state index contributed by atoms with van der Waals surface area (Å²) in [6, 6.07) is 5.24. The Kier molecular flexibility index (Phi) is 6.18. The Bertz CT molecular complexity index is 2000. The van der Waals surface area contributed by atoms with Crippen molar-refractivity contribution in [2.24, 2.45) is 5.92 Å². The lowest BCUT2D eigenvalue weighted by Gasteiger charge is -2.42. The van der Waals surface area contributed by atoms with Crippen LogP contribution < -0.4 is 20.7 Å². The molecule has 1 aliphatic carbocycles. The molecule has 1 aromatic carbocycles. The van der Waals surface area contributed by atoms with Gasteiger partial charge in [0.25, 0.3) is 0 Å². The fourth-order valence-corrected chi connectivity index (χ4v) is 9.77. The summed E-state index contributed by atoms with van der Waals surface area (Å²) in [4.78, 5) is 18.9. The van der Waals surface area contributed by atoms with Crippen LogP contribution in [0.3, 0.4) is 0 Å². The van der Waals surface area contributed by atoms with Crippen molar-refractivity contribution in [1.82, 2.24) is 25.2 Å². The number of anilines is 2. The minimum Gasteiger partial charge on any atom is -0.461 e. The van der Waals surface area contributed by atoms with E-state index in [1.165, 1.54) is 30.5 Å². The Morgan fingerprint density at radius 2 is 2.09 bits per heavy atom. The van der Waals surface area contributed by atoms with Crippen LogP contribution >= 0.6 is 11.3 Å². The molecule has 0 amide bonds. The van der Waals surface area contributed by atoms with E-state index < -0.39 is 11.6 Å². The maximum Gasteiger partial charge on any atom is 0.319 e. The molecule has 4 aliphatic heterocycles. The third-order valence-corrected chi connectivity index (χ3v) is 12.1. The lowest BCUT2D eigenvalue weighted by Crippen LogP contribution is -2.61. The maximum absolute atomic E-state index is 16.9. The average molecular weight is 641 g/mol. The topological polar surface area (TPSA) is 116 Å². The lowest BCUT2D eigenvalue weighted by atomic mass is 9.90. The molecule has 4 aromatic rings. The fraction of sp³-hybridized carbons (Fsp3) is 0.471. The number of benzene rings is 1. The largest absolute Gasteiger partial charge is 0.461 e. The van der Waals surface area contributed by atoms with Crippen LogP contribution in [0.1, 0.15) is 50.5 Å². The summed E-state index contributed by atoms with van der Waals surface area (Å²) >= 11 is 0.973. The van der Waals surface area contributed by atoms with Crippen LogP contribution in [0.4, 0.5) is 19.6 Å². The van der Waals surface area contributed by atoms with Crippen molar-refractivity contribution >= 4 is 43.1 Å². The van der Waals surface area contributed by atoms with Crippen LogP contribution in [-0.4, -0.2) is 69.8 Å². The Morgan fingerprint density at radius 3 is 2.91 bits per heavy atom. The van der Waals surface area contributed by atoms with E-state index in [1.54, 1.807) is 6.20 Å². The lowest BCUT2D eigenvalue weighted by molar-refractivity contribution is 0.108. The van der Waals surface area contributed by atoms with Crippen molar-refractivity contribution in [3.05, 3.63) is 47.7 Å². The number of nitrogens with zero attached hydrogens (tertiary/aromatic N) is 6. The number of piperazine rings is 1. The predicted molar refractivity (Wildman–Crippen MR) is 174 cm³/mol. The van der Waals surface area contributed by atoms with Gasteiger partial charge >= 0.3 is 6.01 Å². The van der Waals surface area contributed by atoms with E-state index in [0.29, 0.717) is 35.3 Å². The first-order valence-corrected chi connectivity index (χ1v) is 16.9. The summed E-state index contributed by atoms with van der Waals surface area (Å²) < 4.78 is 38.3. The first-order chi connectivity index (χ1) is 22.3. The number of ether oxygens (including phenoxy) is 1. The van der Waals surface area contributed by atoms with E-state index >= 15 is 4.39 Å². The highest BCUT2D eigenvalue weighted by Gasteiger charge is 2.53. The van der Waals surface area contributed by atoms with Crippen molar-refractivity contribution in [3.8, 4) is 23.3 Å². The summed E-state index contributed by atoms with van der Waals surface area (Å²) in [5, 5.41) is 14.7. The molecule has 3 N–H and O–H groups in total. The number of hydrogen-bond acceptors (Lipinski definition) is 10. The van der Waals surface area contributed by atoms with Crippen LogP contribution in [0, 0.1) is 28.9 Å². The van der Waals surface area contributed by atoms with Gasteiger partial charge < -0.3 is 20.7 Å². The molecule has 3 atom stereocenters. The number of halogens is 2. The third-order valence-electron chi connectivity index (χ3n) is 11.0. The minimum atomic E-state index is -0.669. The molecule has 12 heteroatoms. The molecule has 9 rings (SSSR count).